The van der Waals surface area contributed by atoms with Crippen molar-refractivity contribution in [1.29, 1.82) is 0 Å². The van der Waals surface area contributed by atoms with Gasteiger partial charge in [0.2, 0.25) is 5.91 Å². The molecule has 2 aromatic rings. The van der Waals surface area contributed by atoms with E-state index >= 15 is 0 Å². The van der Waals surface area contributed by atoms with E-state index in [1.807, 2.05) is 0 Å². The van der Waals surface area contributed by atoms with E-state index in [4.69, 9.17) is 4.28 Å². The van der Waals surface area contributed by atoms with Crippen LogP contribution < -0.4 is 10.8 Å². The standard InChI is InChI=1S/C14H12N2O5S/c17-11-3-1-2-10(8-11)16-21-22(19,20)12-4-5-13-9(6-12)7-14(18)15-13/h1-6,8,16-17H,7H2,(H,15,18). The summed E-state index contributed by atoms with van der Waals surface area (Å²) in [5, 5.41) is 11.9. The predicted octanol–water partition coefficient (Wildman–Crippen LogP) is 1.62. The summed E-state index contributed by atoms with van der Waals surface area (Å²) in [6, 6.07) is 10.1. The number of anilines is 2. The van der Waals surface area contributed by atoms with Gasteiger partial charge in [-0.1, -0.05) is 6.07 Å². The molecule has 0 saturated heterocycles. The zero-order valence-corrected chi connectivity index (χ0v) is 12.1. The first kappa shape index (κ1) is 14.4. The summed E-state index contributed by atoms with van der Waals surface area (Å²) in [7, 11) is -4.04. The number of amides is 1. The van der Waals surface area contributed by atoms with E-state index in [1.165, 1.54) is 30.3 Å². The Hall–Kier alpha value is -2.58. The lowest BCUT2D eigenvalue weighted by Crippen LogP contribution is -2.11. The maximum absolute atomic E-state index is 12.1. The van der Waals surface area contributed by atoms with Crippen LogP contribution in [0.3, 0.4) is 0 Å². The highest BCUT2D eigenvalue weighted by atomic mass is 32.2. The molecule has 0 fully saturated rings. The number of carbonyl (C=O) groups excluding carboxylic acids is 1. The van der Waals surface area contributed by atoms with E-state index in [1.54, 1.807) is 12.1 Å². The van der Waals surface area contributed by atoms with Crippen LogP contribution in [0.15, 0.2) is 47.4 Å². The molecule has 7 nitrogen and oxygen atoms in total. The SMILES string of the molecule is O=C1Cc2cc(S(=O)(=O)ONc3cccc(O)c3)ccc2N1. The molecule has 1 aliphatic heterocycles. The lowest BCUT2D eigenvalue weighted by Gasteiger charge is -2.08. The van der Waals surface area contributed by atoms with E-state index in [0.717, 1.165) is 0 Å². The molecule has 22 heavy (non-hydrogen) atoms. The van der Waals surface area contributed by atoms with Gasteiger partial charge in [0.15, 0.2) is 0 Å². The predicted molar refractivity (Wildman–Crippen MR) is 78.8 cm³/mol. The second-order valence-electron chi connectivity index (χ2n) is 4.73. The summed E-state index contributed by atoms with van der Waals surface area (Å²) >= 11 is 0. The van der Waals surface area contributed by atoms with Crippen molar-refractivity contribution in [2.24, 2.45) is 0 Å². The number of aromatic hydroxyl groups is 1. The first-order valence-electron chi connectivity index (χ1n) is 6.35. The van der Waals surface area contributed by atoms with Gasteiger partial charge in [-0.3, -0.25) is 4.79 Å². The quantitative estimate of drug-likeness (QED) is 0.739. The number of fused-ring (bicyclic) bond motifs is 1. The Morgan fingerprint density at radius 2 is 2.00 bits per heavy atom. The highest BCUT2D eigenvalue weighted by Crippen LogP contribution is 2.26. The smallest absolute Gasteiger partial charge is 0.317 e. The van der Waals surface area contributed by atoms with Crippen LogP contribution in [0.1, 0.15) is 5.56 Å². The summed E-state index contributed by atoms with van der Waals surface area (Å²) in [6.07, 6.45) is 0.138. The van der Waals surface area contributed by atoms with Gasteiger partial charge in [0.05, 0.1) is 17.0 Å². The Morgan fingerprint density at radius 3 is 2.77 bits per heavy atom. The second-order valence-corrected chi connectivity index (χ2v) is 6.28. The average Bonchev–Trinajstić information content (AvgIpc) is 2.84. The van der Waals surface area contributed by atoms with Gasteiger partial charge in [-0.15, -0.1) is 4.28 Å². The molecule has 3 N–H and O–H groups in total. The lowest BCUT2D eigenvalue weighted by molar-refractivity contribution is -0.115. The molecule has 2 aromatic carbocycles. The van der Waals surface area contributed by atoms with Gasteiger partial charge in [-0.2, -0.15) is 8.42 Å². The highest BCUT2D eigenvalue weighted by molar-refractivity contribution is 7.86. The average molecular weight is 320 g/mol. The molecule has 8 heteroatoms. The molecule has 0 aliphatic carbocycles. The van der Waals surface area contributed by atoms with Crippen LogP contribution >= 0.6 is 0 Å². The van der Waals surface area contributed by atoms with Crippen molar-refractivity contribution in [2.75, 3.05) is 10.8 Å². The van der Waals surface area contributed by atoms with Gasteiger partial charge in [0, 0.05) is 11.8 Å². The molecule has 3 rings (SSSR count). The fourth-order valence-corrected chi connectivity index (χ4v) is 2.91. The first-order chi connectivity index (χ1) is 10.4. The van der Waals surface area contributed by atoms with E-state index in [2.05, 4.69) is 10.8 Å². The molecule has 0 saturated carbocycles. The molecular formula is C14H12N2O5S. The van der Waals surface area contributed by atoms with Gasteiger partial charge in [0.25, 0.3) is 0 Å². The van der Waals surface area contributed by atoms with Gasteiger partial charge in [0.1, 0.15) is 5.75 Å². The van der Waals surface area contributed by atoms with E-state index < -0.39 is 10.1 Å². The van der Waals surface area contributed by atoms with E-state index in [-0.39, 0.29) is 23.0 Å². The van der Waals surface area contributed by atoms with Crippen molar-refractivity contribution < 1.29 is 22.6 Å². The van der Waals surface area contributed by atoms with Crippen LogP contribution in [-0.2, 0) is 25.6 Å². The van der Waals surface area contributed by atoms with Crippen LogP contribution in [0.2, 0.25) is 0 Å². The third kappa shape index (κ3) is 2.87. The van der Waals surface area contributed by atoms with Crippen molar-refractivity contribution in [3.05, 3.63) is 48.0 Å². The van der Waals surface area contributed by atoms with Crippen molar-refractivity contribution in [3.63, 3.8) is 0 Å². The molecule has 0 aromatic heterocycles. The zero-order chi connectivity index (χ0) is 15.7. The number of phenolic OH excluding ortho intramolecular Hbond substituents is 1. The molecule has 0 bridgehead atoms. The molecule has 1 amide bonds. The number of phenols is 1. The highest BCUT2D eigenvalue weighted by Gasteiger charge is 2.22. The first-order valence-corrected chi connectivity index (χ1v) is 7.76. The van der Waals surface area contributed by atoms with E-state index in [9.17, 15) is 18.3 Å². The van der Waals surface area contributed by atoms with Crippen LogP contribution in [-0.4, -0.2) is 19.4 Å². The third-order valence-electron chi connectivity index (χ3n) is 3.11. The van der Waals surface area contributed by atoms with E-state index in [0.29, 0.717) is 16.9 Å². The van der Waals surface area contributed by atoms with Crippen LogP contribution in [0, 0.1) is 0 Å². The number of carbonyl (C=O) groups is 1. The van der Waals surface area contributed by atoms with Crippen LogP contribution in [0.4, 0.5) is 11.4 Å². The summed E-state index contributed by atoms with van der Waals surface area (Å²) in [5.74, 6) is -0.198. The third-order valence-corrected chi connectivity index (χ3v) is 4.24. The molecule has 114 valence electrons. The minimum Gasteiger partial charge on any atom is -0.508 e. The number of hydrogen-bond donors (Lipinski definition) is 3. The van der Waals surface area contributed by atoms with Crippen molar-refractivity contribution in [3.8, 4) is 5.75 Å². The second kappa shape index (κ2) is 5.32. The molecule has 0 radical (unpaired) electrons. The monoisotopic (exact) mass is 320 g/mol. The number of benzene rings is 2. The molecule has 0 atom stereocenters. The largest absolute Gasteiger partial charge is 0.508 e. The minimum atomic E-state index is -4.04. The summed E-state index contributed by atoms with van der Waals surface area (Å²) < 4.78 is 29.0. The molecule has 0 unspecified atom stereocenters. The Morgan fingerprint density at radius 1 is 1.18 bits per heavy atom. The Labute approximate surface area is 126 Å². The van der Waals surface area contributed by atoms with Gasteiger partial charge < -0.3 is 10.4 Å². The molecule has 1 heterocycles. The van der Waals surface area contributed by atoms with Gasteiger partial charge in [-0.25, -0.2) is 5.48 Å². The lowest BCUT2D eigenvalue weighted by atomic mass is 10.2. The number of hydrogen-bond acceptors (Lipinski definition) is 6. The Kier molecular flexibility index (Phi) is 3.47. The zero-order valence-electron chi connectivity index (χ0n) is 11.2. The van der Waals surface area contributed by atoms with Crippen LogP contribution in [0.5, 0.6) is 5.75 Å². The summed E-state index contributed by atoms with van der Waals surface area (Å²) in [6.45, 7) is 0. The molecule has 1 aliphatic rings. The van der Waals surface area contributed by atoms with Crippen molar-refractivity contribution in [2.45, 2.75) is 11.3 Å². The fraction of sp³-hybridized carbons (Fsp3) is 0.0714. The van der Waals surface area contributed by atoms with Gasteiger partial charge >= 0.3 is 10.1 Å². The number of nitrogens with one attached hydrogen (secondary N) is 2. The van der Waals surface area contributed by atoms with Gasteiger partial charge in [-0.05, 0) is 35.9 Å². The summed E-state index contributed by atoms with van der Waals surface area (Å²) in [5.41, 5.74) is 3.77. The van der Waals surface area contributed by atoms with Crippen LogP contribution in [0.25, 0.3) is 0 Å². The number of rotatable bonds is 4. The Bertz CT molecular complexity index is 848. The molecular weight excluding hydrogens is 308 g/mol. The van der Waals surface area contributed by atoms with Crippen molar-refractivity contribution in [1.82, 2.24) is 0 Å². The Balaban J connectivity index is 1.79. The maximum atomic E-state index is 12.1. The topological polar surface area (TPSA) is 105 Å². The maximum Gasteiger partial charge on any atom is 0.317 e. The fourth-order valence-electron chi connectivity index (χ4n) is 2.08. The normalized spacial score (nSPS) is 13.5. The minimum absolute atomic E-state index is 0.0203. The molecule has 0 spiro atoms. The van der Waals surface area contributed by atoms with Crippen molar-refractivity contribution >= 4 is 27.4 Å². The summed E-state index contributed by atoms with van der Waals surface area (Å²) in [4.78, 5) is 11.2.